The van der Waals surface area contributed by atoms with E-state index in [4.69, 9.17) is 4.74 Å². The zero-order valence-corrected chi connectivity index (χ0v) is 11.7. The SMILES string of the molecule is CCCCC(CCC)c1ccccc1C(=O)OC. The summed E-state index contributed by atoms with van der Waals surface area (Å²) in [6, 6.07) is 7.85. The second kappa shape index (κ2) is 7.91. The third kappa shape index (κ3) is 3.86. The molecule has 2 nitrogen and oxygen atoms in total. The molecule has 0 aliphatic heterocycles. The minimum Gasteiger partial charge on any atom is -0.465 e. The zero-order valence-electron chi connectivity index (χ0n) is 11.7. The van der Waals surface area contributed by atoms with Crippen LogP contribution in [0.3, 0.4) is 0 Å². The summed E-state index contributed by atoms with van der Waals surface area (Å²) < 4.78 is 4.87. The lowest BCUT2D eigenvalue weighted by molar-refractivity contribution is 0.0598. The molecule has 0 aliphatic carbocycles. The van der Waals surface area contributed by atoms with Crippen molar-refractivity contribution >= 4 is 5.97 Å². The van der Waals surface area contributed by atoms with E-state index < -0.39 is 0 Å². The van der Waals surface area contributed by atoms with Gasteiger partial charge in [0.05, 0.1) is 12.7 Å². The lowest BCUT2D eigenvalue weighted by Crippen LogP contribution is -2.09. The minimum atomic E-state index is -0.219. The molecule has 1 unspecified atom stereocenters. The quantitative estimate of drug-likeness (QED) is 0.662. The molecule has 0 N–H and O–H groups in total. The molecule has 100 valence electrons. The van der Waals surface area contributed by atoms with Crippen molar-refractivity contribution in [3.05, 3.63) is 35.4 Å². The summed E-state index contributed by atoms with van der Waals surface area (Å²) in [5, 5.41) is 0. The predicted molar refractivity (Wildman–Crippen MR) is 75.0 cm³/mol. The normalized spacial score (nSPS) is 12.2. The maximum absolute atomic E-state index is 11.8. The Hall–Kier alpha value is -1.31. The number of benzene rings is 1. The molecule has 18 heavy (non-hydrogen) atoms. The second-order valence-electron chi connectivity index (χ2n) is 4.71. The third-order valence-corrected chi connectivity index (χ3v) is 3.35. The summed E-state index contributed by atoms with van der Waals surface area (Å²) >= 11 is 0. The lowest BCUT2D eigenvalue weighted by atomic mass is 9.87. The van der Waals surface area contributed by atoms with Gasteiger partial charge in [0.1, 0.15) is 0 Å². The first-order valence-electron chi connectivity index (χ1n) is 6.91. The molecule has 0 aliphatic rings. The Balaban J connectivity index is 2.98. The maximum atomic E-state index is 11.8. The highest BCUT2D eigenvalue weighted by Gasteiger charge is 2.18. The molecule has 1 atom stereocenters. The van der Waals surface area contributed by atoms with Crippen molar-refractivity contribution in [2.24, 2.45) is 0 Å². The van der Waals surface area contributed by atoms with Gasteiger partial charge in [-0.3, -0.25) is 0 Å². The van der Waals surface area contributed by atoms with E-state index in [-0.39, 0.29) is 5.97 Å². The highest BCUT2D eigenvalue weighted by molar-refractivity contribution is 5.91. The van der Waals surface area contributed by atoms with E-state index in [9.17, 15) is 4.79 Å². The van der Waals surface area contributed by atoms with Gasteiger partial charge in [0.25, 0.3) is 0 Å². The van der Waals surface area contributed by atoms with E-state index in [1.165, 1.54) is 20.0 Å². The average molecular weight is 248 g/mol. The molecule has 0 amide bonds. The topological polar surface area (TPSA) is 26.3 Å². The van der Waals surface area contributed by atoms with Crippen LogP contribution in [0.15, 0.2) is 24.3 Å². The number of hydrogen-bond donors (Lipinski definition) is 0. The Morgan fingerprint density at radius 2 is 1.89 bits per heavy atom. The Labute approximate surface area is 110 Å². The van der Waals surface area contributed by atoms with Crippen LogP contribution in [0, 0.1) is 0 Å². The van der Waals surface area contributed by atoms with Crippen LogP contribution in [0.25, 0.3) is 0 Å². The minimum absolute atomic E-state index is 0.219. The van der Waals surface area contributed by atoms with Crippen molar-refractivity contribution < 1.29 is 9.53 Å². The Kier molecular flexibility index (Phi) is 6.48. The van der Waals surface area contributed by atoms with Crippen LogP contribution >= 0.6 is 0 Å². The Bertz CT molecular complexity index is 371. The van der Waals surface area contributed by atoms with Gasteiger partial charge in [0.15, 0.2) is 0 Å². The van der Waals surface area contributed by atoms with Crippen LogP contribution in [0.4, 0.5) is 0 Å². The van der Waals surface area contributed by atoms with E-state index in [1.807, 2.05) is 18.2 Å². The predicted octanol–water partition coefficient (Wildman–Crippen LogP) is 4.55. The molecule has 0 heterocycles. The van der Waals surface area contributed by atoms with E-state index in [1.54, 1.807) is 0 Å². The van der Waals surface area contributed by atoms with Gasteiger partial charge in [0.2, 0.25) is 0 Å². The largest absolute Gasteiger partial charge is 0.465 e. The fourth-order valence-corrected chi connectivity index (χ4v) is 2.40. The molecule has 0 aromatic heterocycles. The molecule has 1 rings (SSSR count). The molecular weight excluding hydrogens is 224 g/mol. The number of methoxy groups -OCH3 is 1. The smallest absolute Gasteiger partial charge is 0.338 e. The van der Waals surface area contributed by atoms with Crippen molar-refractivity contribution in [2.45, 2.75) is 51.9 Å². The van der Waals surface area contributed by atoms with Crippen LogP contribution in [-0.4, -0.2) is 13.1 Å². The van der Waals surface area contributed by atoms with Crippen molar-refractivity contribution in [1.29, 1.82) is 0 Å². The monoisotopic (exact) mass is 248 g/mol. The number of rotatable bonds is 7. The molecule has 0 bridgehead atoms. The molecular formula is C16H24O2. The molecule has 1 aromatic rings. The van der Waals surface area contributed by atoms with Crippen LogP contribution < -0.4 is 0 Å². The third-order valence-electron chi connectivity index (χ3n) is 3.35. The zero-order chi connectivity index (χ0) is 13.4. The number of carbonyl (C=O) groups is 1. The van der Waals surface area contributed by atoms with Gasteiger partial charge < -0.3 is 4.74 Å². The van der Waals surface area contributed by atoms with Crippen LogP contribution in [0.5, 0.6) is 0 Å². The van der Waals surface area contributed by atoms with E-state index >= 15 is 0 Å². The van der Waals surface area contributed by atoms with Crippen molar-refractivity contribution in [2.75, 3.05) is 7.11 Å². The second-order valence-corrected chi connectivity index (χ2v) is 4.71. The van der Waals surface area contributed by atoms with Crippen molar-refractivity contribution in [3.8, 4) is 0 Å². The molecule has 0 fully saturated rings. The highest BCUT2D eigenvalue weighted by atomic mass is 16.5. The van der Waals surface area contributed by atoms with Gasteiger partial charge in [0, 0.05) is 0 Å². The van der Waals surface area contributed by atoms with Crippen LogP contribution in [0.1, 0.15) is 67.8 Å². The van der Waals surface area contributed by atoms with E-state index in [0.29, 0.717) is 5.92 Å². The number of unbranched alkanes of at least 4 members (excludes halogenated alkanes) is 1. The number of esters is 1. The molecule has 0 spiro atoms. The van der Waals surface area contributed by atoms with Gasteiger partial charge in [-0.05, 0) is 30.4 Å². The van der Waals surface area contributed by atoms with E-state index in [2.05, 4.69) is 19.9 Å². The maximum Gasteiger partial charge on any atom is 0.338 e. The van der Waals surface area contributed by atoms with Gasteiger partial charge in [-0.15, -0.1) is 0 Å². The molecule has 0 saturated carbocycles. The van der Waals surface area contributed by atoms with Crippen molar-refractivity contribution in [1.82, 2.24) is 0 Å². The molecule has 1 aromatic carbocycles. The average Bonchev–Trinajstić information content (AvgIpc) is 2.42. The van der Waals surface area contributed by atoms with Gasteiger partial charge in [-0.2, -0.15) is 0 Å². The summed E-state index contributed by atoms with van der Waals surface area (Å²) in [6.07, 6.45) is 5.83. The fourth-order valence-electron chi connectivity index (χ4n) is 2.40. The van der Waals surface area contributed by atoms with Gasteiger partial charge >= 0.3 is 5.97 Å². The lowest BCUT2D eigenvalue weighted by Gasteiger charge is -2.19. The van der Waals surface area contributed by atoms with Gasteiger partial charge in [-0.25, -0.2) is 4.79 Å². The van der Waals surface area contributed by atoms with Crippen LogP contribution in [0.2, 0.25) is 0 Å². The summed E-state index contributed by atoms with van der Waals surface area (Å²) in [6.45, 7) is 4.40. The first kappa shape index (κ1) is 14.7. The summed E-state index contributed by atoms with van der Waals surface area (Å²) in [5.74, 6) is 0.258. The summed E-state index contributed by atoms with van der Waals surface area (Å²) in [7, 11) is 1.44. The summed E-state index contributed by atoms with van der Waals surface area (Å²) in [5.41, 5.74) is 1.88. The van der Waals surface area contributed by atoms with Crippen molar-refractivity contribution in [3.63, 3.8) is 0 Å². The first-order valence-corrected chi connectivity index (χ1v) is 6.91. The first-order chi connectivity index (χ1) is 8.74. The molecule has 0 saturated heterocycles. The van der Waals surface area contributed by atoms with Crippen LogP contribution in [-0.2, 0) is 4.74 Å². The summed E-state index contributed by atoms with van der Waals surface area (Å²) in [4.78, 5) is 11.8. The highest BCUT2D eigenvalue weighted by Crippen LogP contribution is 2.29. The Morgan fingerprint density at radius 3 is 2.50 bits per heavy atom. The van der Waals surface area contributed by atoms with E-state index in [0.717, 1.165) is 30.4 Å². The fraction of sp³-hybridized carbons (Fsp3) is 0.562. The number of carbonyl (C=O) groups excluding carboxylic acids is 1. The standard InChI is InChI=1S/C16H24O2/c1-4-6-10-13(9-5-2)14-11-7-8-12-15(14)16(17)18-3/h7-8,11-13H,4-6,9-10H2,1-3H3. The number of hydrogen-bond acceptors (Lipinski definition) is 2. The molecule has 0 radical (unpaired) electrons. The number of ether oxygens (including phenoxy) is 1. The van der Waals surface area contributed by atoms with Gasteiger partial charge in [-0.1, -0.05) is 51.3 Å². The Morgan fingerprint density at radius 1 is 1.17 bits per heavy atom. The molecule has 2 heteroatoms.